The molecule has 1 aromatic rings. The van der Waals surface area contributed by atoms with Crippen LogP contribution >= 0.6 is 11.6 Å². The Morgan fingerprint density at radius 2 is 2.16 bits per heavy atom. The number of nitrogens with zero attached hydrogens (tertiary/aromatic N) is 3. The predicted molar refractivity (Wildman–Crippen MR) is 78.6 cm³/mol. The van der Waals surface area contributed by atoms with Gasteiger partial charge in [-0.15, -0.1) is 0 Å². The summed E-state index contributed by atoms with van der Waals surface area (Å²) >= 11 is 6.44. The molecule has 2 saturated heterocycles. The number of anilines is 1. The zero-order valence-corrected chi connectivity index (χ0v) is 11.9. The van der Waals surface area contributed by atoms with Gasteiger partial charge < -0.3 is 10.6 Å². The van der Waals surface area contributed by atoms with Crippen molar-refractivity contribution >= 4 is 17.4 Å². The van der Waals surface area contributed by atoms with Gasteiger partial charge in [-0.05, 0) is 37.4 Å². The Morgan fingerprint density at radius 1 is 1.32 bits per heavy atom. The van der Waals surface area contributed by atoms with E-state index in [0.717, 1.165) is 29.5 Å². The minimum absolute atomic E-state index is 0.470. The highest BCUT2D eigenvalue weighted by Crippen LogP contribution is 2.30. The molecule has 3 rings (SSSR count). The first-order valence-corrected chi connectivity index (χ1v) is 7.50. The van der Waals surface area contributed by atoms with E-state index in [1.165, 1.54) is 32.4 Å². The summed E-state index contributed by atoms with van der Waals surface area (Å²) in [6, 6.07) is 2.58. The molecule has 1 atom stereocenters. The Bertz CT molecular complexity index is 451. The molecule has 5 heteroatoms. The van der Waals surface area contributed by atoms with Gasteiger partial charge in [-0.1, -0.05) is 11.6 Å². The Hall–Kier alpha value is -0.840. The number of hydrogen-bond acceptors (Lipinski definition) is 4. The van der Waals surface area contributed by atoms with E-state index in [-0.39, 0.29) is 0 Å². The quantitative estimate of drug-likeness (QED) is 0.898. The van der Waals surface area contributed by atoms with Crippen LogP contribution in [-0.2, 0) is 6.54 Å². The highest BCUT2D eigenvalue weighted by Gasteiger charge is 2.29. The maximum absolute atomic E-state index is 6.44. The Balaban J connectivity index is 1.85. The molecule has 0 bridgehead atoms. The maximum Gasteiger partial charge on any atom is 0.147 e. The number of rotatable bonds is 2. The third-order valence-corrected chi connectivity index (χ3v) is 4.69. The fourth-order valence-electron chi connectivity index (χ4n) is 3.25. The summed E-state index contributed by atoms with van der Waals surface area (Å²) in [5, 5.41) is 0.733. The minimum atomic E-state index is 0.470. The van der Waals surface area contributed by atoms with Gasteiger partial charge in [0.15, 0.2) is 0 Å². The van der Waals surface area contributed by atoms with Crippen LogP contribution in [0.4, 0.5) is 5.82 Å². The van der Waals surface area contributed by atoms with Crippen LogP contribution < -0.4 is 10.6 Å². The lowest BCUT2D eigenvalue weighted by atomic mass is 10.2. The van der Waals surface area contributed by atoms with Gasteiger partial charge in [-0.2, -0.15) is 0 Å². The molecule has 19 heavy (non-hydrogen) atoms. The number of halogens is 1. The first-order chi connectivity index (χ1) is 9.29. The summed E-state index contributed by atoms with van der Waals surface area (Å²) < 4.78 is 0. The molecule has 0 amide bonds. The molecule has 1 unspecified atom stereocenters. The summed E-state index contributed by atoms with van der Waals surface area (Å²) in [6.07, 6.45) is 5.62. The molecule has 0 spiro atoms. The standard InChI is InChI=1S/C14H21ClN4/c15-13-11(9-16)4-5-17-14(13)19-8-2-7-18-6-1-3-12(18)10-19/h4-5,12H,1-3,6-10,16H2. The van der Waals surface area contributed by atoms with E-state index < -0.39 is 0 Å². The lowest BCUT2D eigenvalue weighted by molar-refractivity contribution is 0.273. The average Bonchev–Trinajstić information content (AvgIpc) is 2.77. The van der Waals surface area contributed by atoms with Crippen molar-refractivity contribution < 1.29 is 0 Å². The largest absolute Gasteiger partial charge is 0.354 e. The van der Waals surface area contributed by atoms with Crippen molar-refractivity contribution in [2.75, 3.05) is 31.1 Å². The molecule has 2 fully saturated rings. The molecule has 2 N–H and O–H groups in total. The van der Waals surface area contributed by atoms with Crippen molar-refractivity contribution in [2.45, 2.75) is 31.8 Å². The van der Waals surface area contributed by atoms with Crippen molar-refractivity contribution in [3.8, 4) is 0 Å². The second-order valence-corrected chi connectivity index (χ2v) is 5.82. The van der Waals surface area contributed by atoms with E-state index in [0.29, 0.717) is 12.6 Å². The van der Waals surface area contributed by atoms with Gasteiger partial charge in [0, 0.05) is 38.4 Å². The second kappa shape index (κ2) is 5.65. The summed E-state index contributed by atoms with van der Waals surface area (Å²) in [6.45, 7) is 5.00. The monoisotopic (exact) mass is 280 g/mol. The van der Waals surface area contributed by atoms with Gasteiger partial charge in [0.2, 0.25) is 0 Å². The van der Waals surface area contributed by atoms with Crippen LogP contribution in [0.15, 0.2) is 12.3 Å². The molecule has 0 aromatic carbocycles. The highest BCUT2D eigenvalue weighted by molar-refractivity contribution is 6.33. The molecule has 3 heterocycles. The van der Waals surface area contributed by atoms with Crippen LogP contribution in [0.3, 0.4) is 0 Å². The lowest BCUT2D eigenvalue weighted by Gasteiger charge is -2.27. The molecule has 2 aliphatic rings. The van der Waals surface area contributed by atoms with E-state index in [1.54, 1.807) is 0 Å². The van der Waals surface area contributed by atoms with Crippen LogP contribution in [0, 0.1) is 0 Å². The van der Waals surface area contributed by atoms with Crippen LogP contribution in [0.25, 0.3) is 0 Å². The summed E-state index contributed by atoms with van der Waals surface area (Å²) in [7, 11) is 0. The molecule has 0 saturated carbocycles. The molecular formula is C14H21ClN4. The van der Waals surface area contributed by atoms with Crippen LogP contribution in [-0.4, -0.2) is 42.1 Å². The molecule has 4 nitrogen and oxygen atoms in total. The highest BCUT2D eigenvalue weighted by atomic mass is 35.5. The van der Waals surface area contributed by atoms with E-state index in [1.807, 2.05) is 12.3 Å². The third kappa shape index (κ3) is 2.57. The van der Waals surface area contributed by atoms with Crippen molar-refractivity contribution in [1.29, 1.82) is 0 Å². The molecule has 0 radical (unpaired) electrons. The van der Waals surface area contributed by atoms with Crippen molar-refractivity contribution in [3.05, 3.63) is 22.8 Å². The van der Waals surface area contributed by atoms with Gasteiger partial charge in [0.05, 0.1) is 5.02 Å². The maximum atomic E-state index is 6.44. The topological polar surface area (TPSA) is 45.4 Å². The second-order valence-electron chi connectivity index (χ2n) is 5.44. The zero-order chi connectivity index (χ0) is 13.2. The minimum Gasteiger partial charge on any atom is -0.354 e. The fourth-order valence-corrected chi connectivity index (χ4v) is 3.56. The molecule has 2 aliphatic heterocycles. The van der Waals surface area contributed by atoms with Gasteiger partial charge in [0.1, 0.15) is 5.82 Å². The van der Waals surface area contributed by atoms with Crippen LogP contribution in [0.5, 0.6) is 0 Å². The zero-order valence-electron chi connectivity index (χ0n) is 11.2. The smallest absolute Gasteiger partial charge is 0.147 e. The Kier molecular flexibility index (Phi) is 3.91. The summed E-state index contributed by atoms with van der Waals surface area (Å²) in [5.41, 5.74) is 6.71. The van der Waals surface area contributed by atoms with Crippen LogP contribution in [0.2, 0.25) is 5.02 Å². The van der Waals surface area contributed by atoms with Crippen LogP contribution in [0.1, 0.15) is 24.8 Å². The molecule has 104 valence electrons. The number of fused-ring (bicyclic) bond motifs is 1. The third-order valence-electron chi connectivity index (χ3n) is 4.27. The van der Waals surface area contributed by atoms with Gasteiger partial charge >= 0.3 is 0 Å². The first kappa shape index (κ1) is 13.2. The van der Waals surface area contributed by atoms with Gasteiger partial charge in [-0.3, -0.25) is 4.90 Å². The van der Waals surface area contributed by atoms with E-state index in [2.05, 4.69) is 14.8 Å². The Morgan fingerprint density at radius 3 is 3.00 bits per heavy atom. The molecule has 0 aliphatic carbocycles. The summed E-state index contributed by atoms with van der Waals surface area (Å²) in [5.74, 6) is 0.915. The van der Waals surface area contributed by atoms with E-state index in [4.69, 9.17) is 17.3 Å². The normalized spacial score (nSPS) is 24.3. The van der Waals surface area contributed by atoms with Crippen molar-refractivity contribution in [1.82, 2.24) is 9.88 Å². The van der Waals surface area contributed by atoms with Gasteiger partial charge in [-0.25, -0.2) is 4.98 Å². The average molecular weight is 281 g/mol. The van der Waals surface area contributed by atoms with Gasteiger partial charge in [0.25, 0.3) is 0 Å². The van der Waals surface area contributed by atoms with E-state index in [9.17, 15) is 0 Å². The predicted octanol–water partition coefficient (Wildman–Crippen LogP) is 1.87. The number of aromatic nitrogens is 1. The Labute approximate surface area is 119 Å². The van der Waals surface area contributed by atoms with E-state index >= 15 is 0 Å². The lowest BCUT2D eigenvalue weighted by Crippen LogP contribution is -2.37. The SMILES string of the molecule is NCc1ccnc(N2CCCN3CCCC3C2)c1Cl. The summed E-state index contributed by atoms with van der Waals surface area (Å²) in [4.78, 5) is 9.44. The number of hydrogen-bond donors (Lipinski definition) is 1. The van der Waals surface area contributed by atoms with Crippen molar-refractivity contribution in [2.24, 2.45) is 5.73 Å². The van der Waals surface area contributed by atoms with Crippen molar-refractivity contribution in [3.63, 3.8) is 0 Å². The first-order valence-electron chi connectivity index (χ1n) is 7.12. The number of pyridine rings is 1. The number of nitrogens with two attached hydrogens (primary N) is 1. The molecular weight excluding hydrogens is 260 g/mol. The fraction of sp³-hybridized carbons (Fsp3) is 0.643. The molecule has 1 aromatic heterocycles.